The highest BCUT2D eigenvalue weighted by Gasteiger charge is 2.27. The standard InChI is InChI=1S/C15H19BrClNO3/c1-20-12-8-10(11(16)9-13(12)21-2)14(17)15(19)18-6-4-3-5-7-18/h8-9,14H,3-7H2,1-2H3. The van der Waals surface area contributed by atoms with Gasteiger partial charge in [-0.25, -0.2) is 0 Å². The Morgan fingerprint density at radius 3 is 2.33 bits per heavy atom. The van der Waals surface area contributed by atoms with Gasteiger partial charge in [-0.3, -0.25) is 4.79 Å². The molecule has 0 saturated carbocycles. The molecular weight excluding hydrogens is 358 g/mol. The third kappa shape index (κ3) is 3.64. The first kappa shape index (κ1) is 16.4. The van der Waals surface area contributed by atoms with Gasteiger partial charge in [0.15, 0.2) is 11.5 Å². The van der Waals surface area contributed by atoms with Crippen molar-refractivity contribution in [1.29, 1.82) is 0 Å². The van der Waals surface area contributed by atoms with E-state index in [0.717, 1.165) is 30.4 Å². The summed E-state index contributed by atoms with van der Waals surface area (Å²) in [5, 5.41) is -0.725. The number of halogens is 2. The number of nitrogens with zero attached hydrogens (tertiary/aromatic N) is 1. The van der Waals surface area contributed by atoms with Gasteiger partial charge in [0.2, 0.25) is 5.91 Å². The highest BCUT2D eigenvalue weighted by molar-refractivity contribution is 9.10. The number of rotatable bonds is 4. The summed E-state index contributed by atoms with van der Waals surface area (Å²) in [5.41, 5.74) is 0.699. The van der Waals surface area contributed by atoms with E-state index in [4.69, 9.17) is 21.1 Å². The second kappa shape index (κ2) is 7.36. The molecule has 0 spiro atoms. The molecule has 1 unspecified atom stereocenters. The molecule has 1 aromatic rings. The number of likely N-dealkylation sites (tertiary alicyclic amines) is 1. The molecule has 0 bridgehead atoms. The number of hydrogen-bond acceptors (Lipinski definition) is 3. The van der Waals surface area contributed by atoms with Crippen molar-refractivity contribution in [3.63, 3.8) is 0 Å². The second-order valence-corrected chi connectivity index (χ2v) is 6.27. The van der Waals surface area contributed by atoms with E-state index in [1.54, 1.807) is 26.4 Å². The number of benzene rings is 1. The van der Waals surface area contributed by atoms with Crippen LogP contribution in [0.1, 0.15) is 30.2 Å². The van der Waals surface area contributed by atoms with Crippen LogP contribution in [0.5, 0.6) is 11.5 Å². The van der Waals surface area contributed by atoms with Gasteiger partial charge >= 0.3 is 0 Å². The molecule has 1 aliphatic heterocycles. The van der Waals surface area contributed by atoms with Crippen LogP contribution in [0, 0.1) is 0 Å². The fourth-order valence-corrected chi connectivity index (χ4v) is 3.47. The Morgan fingerprint density at radius 2 is 1.76 bits per heavy atom. The quantitative estimate of drug-likeness (QED) is 0.751. The lowest BCUT2D eigenvalue weighted by Gasteiger charge is -2.29. The Morgan fingerprint density at radius 1 is 1.19 bits per heavy atom. The topological polar surface area (TPSA) is 38.8 Å². The number of alkyl halides is 1. The number of piperidine rings is 1. The maximum Gasteiger partial charge on any atom is 0.245 e. The summed E-state index contributed by atoms with van der Waals surface area (Å²) in [6.07, 6.45) is 3.27. The summed E-state index contributed by atoms with van der Waals surface area (Å²) in [7, 11) is 3.13. The van der Waals surface area contributed by atoms with Crippen molar-refractivity contribution >= 4 is 33.4 Å². The van der Waals surface area contributed by atoms with Gasteiger partial charge in [0.05, 0.1) is 14.2 Å². The molecule has 0 aromatic heterocycles. The molecule has 1 saturated heterocycles. The van der Waals surface area contributed by atoms with Crippen molar-refractivity contribution in [3.05, 3.63) is 22.2 Å². The Labute approximate surface area is 138 Å². The SMILES string of the molecule is COc1cc(Br)c(C(Cl)C(=O)N2CCCCC2)cc1OC. The highest BCUT2D eigenvalue weighted by atomic mass is 79.9. The van der Waals surface area contributed by atoms with Crippen LogP contribution in [-0.4, -0.2) is 38.1 Å². The van der Waals surface area contributed by atoms with Crippen LogP contribution in [0.25, 0.3) is 0 Å². The maximum absolute atomic E-state index is 12.5. The fourth-order valence-electron chi connectivity index (χ4n) is 2.47. The minimum Gasteiger partial charge on any atom is -0.493 e. The first-order valence-electron chi connectivity index (χ1n) is 6.92. The molecule has 1 aromatic carbocycles. The van der Waals surface area contributed by atoms with E-state index < -0.39 is 5.38 Å². The van der Waals surface area contributed by atoms with Gasteiger partial charge in [0.25, 0.3) is 0 Å². The van der Waals surface area contributed by atoms with Gasteiger partial charge < -0.3 is 14.4 Å². The fraction of sp³-hybridized carbons (Fsp3) is 0.533. The number of amides is 1. The third-order valence-electron chi connectivity index (χ3n) is 3.66. The molecule has 0 aliphatic carbocycles. The molecule has 1 heterocycles. The maximum atomic E-state index is 12.5. The highest BCUT2D eigenvalue weighted by Crippen LogP contribution is 2.38. The van der Waals surface area contributed by atoms with Gasteiger partial charge in [0.1, 0.15) is 5.38 Å². The average molecular weight is 377 g/mol. The van der Waals surface area contributed by atoms with Gasteiger partial charge in [-0.15, -0.1) is 11.6 Å². The lowest BCUT2D eigenvalue weighted by Crippen LogP contribution is -2.37. The van der Waals surface area contributed by atoms with Gasteiger partial charge in [-0.2, -0.15) is 0 Å². The average Bonchev–Trinajstić information content (AvgIpc) is 2.54. The molecule has 4 nitrogen and oxygen atoms in total. The molecule has 0 radical (unpaired) electrons. The van der Waals surface area contributed by atoms with E-state index >= 15 is 0 Å². The molecular formula is C15H19BrClNO3. The van der Waals surface area contributed by atoms with E-state index in [9.17, 15) is 4.79 Å². The van der Waals surface area contributed by atoms with Crippen LogP contribution in [-0.2, 0) is 4.79 Å². The summed E-state index contributed by atoms with van der Waals surface area (Å²) in [6.45, 7) is 1.57. The predicted molar refractivity (Wildman–Crippen MR) is 86.3 cm³/mol. The first-order chi connectivity index (χ1) is 10.1. The monoisotopic (exact) mass is 375 g/mol. The van der Waals surface area contributed by atoms with E-state index in [2.05, 4.69) is 15.9 Å². The number of methoxy groups -OCH3 is 2. The van der Waals surface area contributed by atoms with Crippen molar-refractivity contribution < 1.29 is 14.3 Å². The second-order valence-electron chi connectivity index (χ2n) is 4.98. The lowest BCUT2D eigenvalue weighted by atomic mass is 10.1. The molecule has 6 heteroatoms. The molecule has 0 N–H and O–H groups in total. The Kier molecular flexibility index (Phi) is 5.76. The number of carbonyl (C=O) groups excluding carboxylic acids is 1. The van der Waals surface area contributed by atoms with E-state index in [0.29, 0.717) is 17.1 Å². The van der Waals surface area contributed by atoms with Gasteiger partial charge in [-0.1, -0.05) is 15.9 Å². The normalized spacial score (nSPS) is 16.5. The van der Waals surface area contributed by atoms with Crippen LogP contribution in [0.2, 0.25) is 0 Å². The Balaban J connectivity index is 2.25. The zero-order valence-electron chi connectivity index (χ0n) is 12.2. The van der Waals surface area contributed by atoms with Gasteiger partial charge in [0, 0.05) is 17.6 Å². The van der Waals surface area contributed by atoms with Crippen molar-refractivity contribution in [3.8, 4) is 11.5 Å². The zero-order chi connectivity index (χ0) is 15.4. The van der Waals surface area contributed by atoms with Crippen LogP contribution < -0.4 is 9.47 Å². The van der Waals surface area contributed by atoms with Gasteiger partial charge in [-0.05, 0) is 37.0 Å². The first-order valence-corrected chi connectivity index (χ1v) is 8.15. The molecule has 1 aliphatic rings. The number of carbonyl (C=O) groups is 1. The van der Waals surface area contributed by atoms with Crippen LogP contribution in [0.15, 0.2) is 16.6 Å². The number of hydrogen-bond donors (Lipinski definition) is 0. The minimum atomic E-state index is -0.725. The summed E-state index contributed by atoms with van der Waals surface area (Å²) in [4.78, 5) is 14.3. The largest absolute Gasteiger partial charge is 0.493 e. The summed E-state index contributed by atoms with van der Waals surface area (Å²) < 4.78 is 11.3. The number of ether oxygens (including phenoxy) is 2. The Hall–Kier alpha value is -0.940. The van der Waals surface area contributed by atoms with Crippen molar-refractivity contribution in [2.75, 3.05) is 27.3 Å². The predicted octanol–water partition coefficient (Wildman–Crippen LogP) is 3.76. The van der Waals surface area contributed by atoms with Crippen LogP contribution >= 0.6 is 27.5 Å². The van der Waals surface area contributed by atoms with E-state index in [1.807, 2.05) is 4.90 Å². The smallest absolute Gasteiger partial charge is 0.245 e. The third-order valence-corrected chi connectivity index (χ3v) is 4.77. The lowest BCUT2D eigenvalue weighted by molar-refractivity contribution is -0.131. The summed E-state index contributed by atoms with van der Waals surface area (Å²) >= 11 is 9.86. The van der Waals surface area contributed by atoms with Crippen LogP contribution in [0.4, 0.5) is 0 Å². The van der Waals surface area contributed by atoms with E-state index in [1.165, 1.54) is 6.42 Å². The van der Waals surface area contributed by atoms with Crippen molar-refractivity contribution in [2.24, 2.45) is 0 Å². The molecule has 1 atom stereocenters. The minimum absolute atomic E-state index is 0.0516. The molecule has 1 fully saturated rings. The van der Waals surface area contributed by atoms with E-state index in [-0.39, 0.29) is 5.91 Å². The molecule has 1 amide bonds. The molecule has 2 rings (SSSR count). The Bertz CT molecular complexity index is 518. The summed E-state index contributed by atoms with van der Waals surface area (Å²) in [5.74, 6) is 1.11. The molecule has 116 valence electrons. The van der Waals surface area contributed by atoms with Crippen molar-refractivity contribution in [2.45, 2.75) is 24.6 Å². The summed E-state index contributed by atoms with van der Waals surface area (Å²) in [6, 6.07) is 3.52. The van der Waals surface area contributed by atoms with Crippen LogP contribution in [0.3, 0.4) is 0 Å². The van der Waals surface area contributed by atoms with Crippen molar-refractivity contribution in [1.82, 2.24) is 4.90 Å². The molecule has 21 heavy (non-hydrogen) atoms. The zero-order valence-corrected chi connectivity index (χ0v) is 14.5.